The second kappa shape index (κ2) is 6.33. The lowest BCUT2D eigenvalue weighted by Gasteiger charge is -2.05. The zero-order valence-electron chi connectivity index (χ0n) is 10.4. The van der Waals surface area contributed by atoms with Gasteiger partial charge in [-0.05, 0) is 26.8 Å². The molecule has 0 amide bonds. The van der Waals surface area contributed by atoms with Gasteiger partial charge in [-0.3, -0.25) is 4.68 Å². The first kappa shape index (κ1) is 12.8. The maximum absolute atomic E-state index is 5.04. The van der Waals surface area contributed by atoms with Gasteiger partial charge in [-0.25, -0.2) is 0 Å². The molecule has 4 nitrogen and oxygen atoms in total. The summed E-state index contributed by atoms with van der Waals surface area (Å²) in [7, 11) is 1.98. The highest BCUT2D eigenvalue weighted by Gasteiger charge is 2.07. The van der Waals surface area contributed by atoms with Crippen LogP contribution in [-0.4, -0.2) is 22.9 Å². The van der Waals surface area contributed by atoms with Crippen molar-refractivity contribution in [3.63, 3.8) is 0 Å². The van der Waals surface area contributed by atoms with Crippen LogP contribution in [0, 0.1) is 13.8 Å². The Morgan fingerprint density at radius 1 is 1.50 bits per heavy atom. The Kier molecular flexibility index (Phi) is 5.05. The Morgan fingerprint density at radius 2 is 2.25 bits per heavy atom. The number of aromatic nitrogens is 2. The SMILES string of the molecule is C=COCCCNCc1c(C)nn(C)c1C. The minimum atomic E-state index is 0.724. The average Bonchev–Trinajstić information content (AvgIpc) is 2.49. The zero-order chi connectivity index (χ0) is 12.0. The van der Waals surface area contributed by atoms with Crippen molar-refractivity contribution in [1.82, 2.24) is 15.1 Å². The summed E-state index contributed by atoms with van der Waals surface area (Å²) >= 11 is 0. The lowest BCUT2D eigenvalue weighted by atomic mass is 10.2. The molecule has 0 fully saturated rings. The van der Waals surface area contributed by atoms with Crippen molar-refractivity contribution < 1.29 is 4.74 Å². The molecule has 0 aliphatic heterocycles. The molecule has 0 aliphatic carbocycles. The fraction of sp³-hybridized carbons (Fsp3) is 0.583. The van der Waals surface area contributed by atoms with Gasteiger partial charge in [0.1, 0.15) is 0 Å². The van der Waals surface area contributed by atoms with Crippen molar-refractivity contribution in [1.29, 1.82) is 0 Å². The van der Waals surface area contributed by atoms with Crippen molar-refractivity contribution >= 4 is 0 Å². The van der Waals surface area contributed by atoms with Gasteiger partial charge in [-0.1, -0.05) is 6.58 Å². The van der Waals surface area contributed by atoms with E-state index in [1.165, 1.54) is 17.5 Å². The largest absolute Gasteiger partial charge is 0.502 e. The monoisotopic (exact) mass is 223 g/mol. The molecule has 0 atom stereocenters. The van der Waals surface area contributed by atoms with Crippen molar-refractivity contribution in [2.45, 2.75) is 26.8 Å². The molecule has 4 heteroatoms. The molecule has 0 saturated heterocycles. The van der Waals surface area contributed by atoms with Crippen molar-refractivity contribution in [3.8, 4) is 0 Å². The smallest absolute Gasteiger partial charge is 0.0885 e. The Hall–Kier alpha value is -1.29. The van der Waals surface area contributed by atoms with E-state index in [0.29, 0.717) is 0 Å². The van der Waals surface area contributed by atoms with Crippen molar-refractivity contribution in [2.24, 2.45) is 7.05 Å². The van der Waals surface area contributed by atoms with Gasteiger partial charge in [0.2, 0.25) is 0 Å². The molecule has 1 rings (SSSR count). The van der Waals surface area contributed by atoms with Gasteiger partial charge in [0.15, 0.2) is 0 Å². The summed E-state index contributed by atoms with van der Waals surface area (Å²) in [5, 5.41) is 7.77. The van der Waals surface area contributed by atoms with E-state index in [0.717, 1.165) is 31.8 Å². The molecule has 0 aliphatic rings. The lowest BCUT2D eigenvalue weighted by Crippen LogP contribution is -2.17. The van der Waals surface area contributed by atoms with Crippen LogP contribution in [-0.2, 0) is 18.3 Å². The third kappa shape index (κ3) is 3.38. The van der Waals surface area contributed by atoms with E-state index in [9.17, 15) is 0 Å². The summed E-state index contributed by atoms with van der Waals surface area (Å²) in [6, 6.07) is 0. The molecule has 1 aromatic heterocycles. The molecule has 0 unspecified atom stereocenters. The van der Waals surface area contributed by atoms with Crippen LogP contribution in [0.2, 0.25) is 0 Å². The molecule has 16 heavy (non-hydrogen) atoms. The highest BCUT2D eigenvalue weighted by Crippen LogP contribution is 2.10. The summed E-state index contributed by atoms with van der Waals surface area (Å²) < 4.78 is 6.97. The molecule has 0 spiro atoms. The van der Waals surface area contributed by atoms with Crippen molar-refractivity contribution in [3.05, 3.63) is 29.8 Å². The van der Waals surface area contributed by atoms with Crippen LogP contribution in [0.5, 0.6) is 0 Å². The molecule has 90 valence electrons. The minimum absolute atomic E-state index is 0.724. The highest BCUT2D eigenvalue weighted by molar-refractivity contribution is 5.23. The van der Waals surface area contributed by atoms with Crippen molar-refractivity contribution in [2.75, 3.05) is 13.2 Å². The molecular formula is C12H21N3O. The minimum Gasteiger partial charge on any atom is -0.502 e. The van der Waals surface area contributed by atoms with E-state index in [1.54, 1.807) is 0 Å². The Balaban J connectivity index is 2.29. The lowest BCUT2D eigenvalue weighted by molar-refractivity contribution is 0.244. The molecule has 1 N–H and O–H groups in total. The number of ether oxygens (including phenoxy) is 1. The zero-order valence-corrected chi connectivity index (χ0v) is 10.4. The molecule has 1 aromatic rings. The number of nitrogens with zero attached hydrogens (tertiary/aromatic N) is 2. The van der Waals surface area contributed by atoms with Gasteiger partial charge in [0, 0.05) is 24.8 Å². The van der Waals surface area contributed by atoms with Gasteiger partial charge < -0.3 is 10.1 Å². The number of hydrogen-bond acceptors (Lipinski definition) is 3. The van der Waals surface area contributed by atoms with Crippen LogP contribution in [0.1, 0.15) is 23.4 Å². The van der Waals surface area contributed by atoms with Gasteiger partial charge in [0.25, 0.3) is 0 Å². The maximum atomic E-state index is 5.04. The molecule has 0 aromatic carbocycles. The average molecular weight is 223 g/mol. The van der Waals surface area contributed by atoms with E-state index < -0.39 is 0 Å². The summed E-state index contributed by atoms with van der Waals surface area (Å²) in [5.41, 5.74) is 3.63. The summed E-state index contributed by atoms with van der Waals surface area (Å²) in [5.74, 6) is 0. The van der Waals surface area contributed by atoms with Crippen LogP contribution < -0.4 is 5.32 Å². The van der Waals surface area contributed by atoms with E-state index in [1.807, 2.05) is 18.7 Å². The summed E-state index contributed by atoms with van der Waals surface area (Å²) in [6.07, 6.45) is 2.47. The molecule has 0 saturated carbocycles. The van der Waals surface area contributed by atoms with Gasteiger partial charge in [0.05, 0.1) is 18.6 Å². The Labute approximate surface area is 97.3 Å². The predicted octanol–water partition coefficient (Wildman–Crippen LogP) is 1.68. The standard InChI is InChI=1S/C12H21N3O/c1-5-16-8-6-7-13-9-12-10(2)14-15(4)11(12)3/h5,13H,1,6-9H2,2-4H3. The number of rotatable bonds is 7. The third-order valence-electron chi connectivity index (χ3n) is 2.69. The van der Waals surface area contributed by atoms with Gasteiger partial charge in [-0.15, -0.1) is 0 Å². The molecular weight excluding hydrogens is 202 g/mol. The third-order valence-corrected chi connectivity index (χ3v) is 2.69. The maximum Gasteiger partial charge on any atom is 0.0885 e. The number of hydrogen-bond donors (Lipinski definition) is 1. The van der Waals surface area contributed by atoms with E-state index >= 15 is 0 Å². The van der Waals surface area contributed by atoms with Crippen LogP contribution >= 0.6 is 0 Å². The molecule has 0 bridgehead atoms. The quantitative estimate of drug-likeness (QED) is 0.564. The first-order valence-corrected chi connectivity index (χ1v) is 5.59. The fourth-order valence-electron chi connectivity index (χ4n) is 1.65. The second-order valence-electron chi connectivity index (χ2n) is 3.84. The summed E-state index contributed by atoms with van der Waals surface area (Å²) in [6.45, 7) is 10.2. The van der Waals surface area contributed by atoms with Gasteiger partial charge >= 0.3 is 0 Å². The van der Waals surface area contributed by atoms with Crippen LogP contribution in [0.15, 0.2) is 12.8 Å². The van der Waals surface area contributed by atoms with E-state index in [2.05, 4.69) is 23.9 Å². The normalized spacial score (nSPS) is 10.4. The number of nitrogens with one attached hydrogen (secondary N) is 1. The molecule has 0 radical (unpaired) electrons. The molecule has 1 heterocycles. The van der Waals surface area contributed by atoms with Crippen LogP contribution in [0.4, 0.5) is 0 Å². The van der Waals surface area contributed by atoms with Crippen LogP contribution in [0.25, 0.3) is 0 Å². The highest BCUT2D eigenvalue weighted by atomic mass is 16.5. The van der Waals surface area contributed by atoms with Crippen LogP contribution in [0.3, 0.4) is 0 Å². The Bertz CT molecular complexity index is 344. The van der Waals surface area contributed by atoms with Gasteiger partial charge in [-0.2, -0.15) is 5.10 Å². The van der Waals surface area contributed by atoms with E-state index in [-0.39, 0.29) is 0 Å². The first-order chi connectivity index (χ1) is 7.66. The summed E-state index contributed by atoms with van der Waals surface area (Å²) in [4.78, 5) is 0. The second-order valence-corrected chi connectivity index (χ2v) is 3.84. The number of aryl methyl sites for hydroxylation is 2. The van der Waals surface area contributed by atoms with E-state index in [4.69, 9.17) is 4.74 Å². The Morgan fingerprint density at radius 3 is 2.81 bits per heavy atom. The predicted molar refractivity (Wildman–Crippen MR) is 65.2 cm³/mol. The first-order valence-electron chi connectivity index (χ1n) is 5.59. The topological polar surface area (TPSA) is 39.1 Å². The fourth-order valence-corrected chi connectivity index (χ4v) is 1.65.